The van der Waals surface area contributed by atoms with Gasteiger partial charge in [-0.15, -0.1) is 0 Å². The molecule has 19 heavy (non-hydrogen) atoms. The largest absolute Gasteiger partial charge is 0.388 e. The standard InChI is InChI=1S/C15H25NO3/c1-12-11-13-14(5-3-6-15(13)17)16(12)7-4-8-19-10-9-18-2/h11,15,17H,3-10H2,1-2H3. The molecule has 0 saturated heterocycles. The van der Waals surface area contributed by atoms with Crippen molar-refractivity contribution in [1.29, 1.82) is 0 Å². The van der Waals surface area contributed by atoms with E-state index >= 15 is 0 Å². The van der Waals surface area contributed by atoms with Crippen LogP contribution in [0.15, 0.2) is 6.07 Å². The average molecular weight is 267 g/mol. The van der Waals surface area contributed by atoms with E-state index in [4.69, 9.17) is 9.47 Å². The fraction of sp³-hybridized carbons (Fsp3) is 0.733. The predicted molar refractivity (Wildman–Crippen MR) is 74.4 cm³/mol. The Labute approximate surface area is 115 Å². The molecule has 0 amide bonds. The van der Waals surface area contributed by atoms with Crippen LogP contribution in [0.5, 0.6) is 0 Å². The molecule has 108 valence electrons. The van der Waals surface area contributed by atoms with Gasteiger partial charge in [0, 0.05) is 37.2 Å². The first-order chi connectivity index (χ1) is 9.24. The molecule has 0 fully saturated rings. The van der Waals surface area contributed by atoms with Crippen molar-refractivity contribution in [1.82, 2.24) is 4.57 Å². The lowest BCUT2D eigenvalue weighted by Crippen LogP contribution is -2.14. The Morgan fingerprint density at radius 3 is 3.00 bits per heavy atom. The van der Waals surface area contributed by atoms with E-state index < -0.39 is 0 Å². The Kier molecular flexibility index (Phi) is 5.43. The maximum Gasteiger partial charge on any atom is 0.0807 e. The first-order valence-electron chi connectivity index (χ1n) is 7.17. The normalized spacial score (nSPS) is 18.6. The smallest absolute Gasteiger partial charge is 0.0807 e. The topological polar surface area (TPSA) is 43.6 Å². The second-order valence-corrected chi connectivity index (χ2v) is 5.21. The van der Waals surface area contributed by atoms with E-state index in [0.717, 1.165) is 44.4 Å². The van der Waals surface area contributed by atoms with Gasteiger partial charge >= 0.3 is 0 Å². The number of aliphatic hydroxyl groups excluding tert-OH is 1. The zero-order chi connectivity index (χ0) is 13.7. The minimum absolute atomic E-state index is 0.262. The maximum absolute atomic E-state index is 10.0. The van der Waals surface area contributed by atoms with Crippen LogP contribution < -0.4 is 0 Å². The summed E-state index contributed by atoms with van der Waals surface area (Å²) in [6.45, 7) is 5.18. The second kappa shape index (κ2) is 7.08. The highest BCUT2D eigenvalue weighted by Crippen LogP contribution is 2.32. The van der Waals surface area contributed by atoms with Crippen LogP contribution in [0.4, 0.5) is 0 Å². The monoisotopic (exact) mass is 267 g/mol. The van der Waals surface area contributed by atoms with Crippen molar-refractivity contribution < 1.29 is 14.6 Å². The molecule has 1 N–H and O–H groups in total. The third kappa shape index (κ3) is 3.59. The molecular formula is C15H25NO3. The second-order valence-electron chi connectivity index (χ2n) is 5.21. The third-order valence-electron chi connectivity index (χ3n) is 3.80. The van der Waals surface area contributed by atoms with Gasteiger partial charge in [-0.1, -0.05) is 0 Å². The summed E-state index contributed by atoms with van der Waals surface area (Å²) in [5, 5.41) is 10.0. The highest BCUT2D eigenvalue weighted by atomic mass is 16.5. The predicted octanol–water partition coefficient (Wildman–Crippen LogP) is 2.22. The Morgan fingerprint density at radius 2 is 2.21 bits per heavy atom. The van der Waals surface area contributed by atoms with E-state index in [1.807, 2.05) is 0 Å². The molecule has 1 unspecified atom stereocenters. The SMILES string of the molecule is COCCOCCCn1c(C)cc2c1CCCC2O. The van der Waals surface area contributed by atoms with Gasteiger partial charge < -0.3 is 19.1 Å². The molecule has 4 heteroatoms. The van der Waals surface area contributed by atoms with Crippen LogP contribution in [0.2, 0.25) is 0 Å². The molecular weight excluding hydrogens is 242 g/mol. The van der Waals surface area contributed by atoms with Crippen LogP contribution in [0.3, 0.4) is 0 Å². The van der Waals surface area contributed by atoms with Crippen LogP contribution in [0, 0.1) is 6.92 Å². The fourth-order valence-electron chi connectivity index (χ4n) is 2.82. The molecule has 0 aromatic carbocycles. The van der Waals surface area contributed by atoms with E-state index in [1.54, 1.807) is 7.11 Å². The van der Waals surface area contributed by atoms with E-state index in [2.05, 4.69) is 17.6 Å². The Bertz CT molecular complexity index is 400. The molecule has 0 radical (unpaired) electrons. The lowest BCUT2D eigenvalue weighted by atomic mass is 9.95. The summed E-state index contributed by atoms with van der Waals surface area (Å²) in [5.74, 6) is 0. The molecule has 2 rings (SSSR count). The molecule has 0 aliphatic heterocycles. The van der Waals surface area contributed by atoms with E-state index in [0.29, 0.717) is 13.2 Å². The van der Waals surface area contributed by atoms with Crippen molar-refractivity contribution in [3.63, 3.8) is 0 Å². The van der Waals surface area contributed by atoms with Crippen LogP contribution in [-0.2, 0) is 22.4 Å². The number of aromatic nitrogens is 1. The summed E-state index contributed by atoms with van der Waals surface area (Å²) in [7, 11) is 1.68. The quantitative estimate of drug-likeness (QED) is 0.770. The van der Waals surface area contributed by atoms with Gasteiger partial charge in [-0.3, -0.25) is 0 Å². The Hall–Kier alpha value is -0.840. The number of ether oxygens (including phenoxy) is 2. The third-order valence-corrected chi connectivity index (χ3v) is 3.80. The molecule has 0 saturated carbocycles. The molecule has 1 aliphatic rings. The molecule has 1 heterocycles. The number of nitrogens with zero attached hydrogens (tertiary/aromatic N) is 1. The minimum Gasteiger partial charge on any atom is -0.388 e. The number of rotatable bonds is 7. The van der Waals surface area contributed by atoms with Crippen molar-refractivity contribution in [2.75, 3.05) is 26.9 Å². The van der Waals surface area contributed by atoms with Crippen molar-refractivity contribution in [3.05, 3.63) is 23.0 Å². The number of aliphatic hydroxyl groups is 1. The summed E-state index contributed by atoms with van der Waals surface area (Å²) in [4.78, 5) is 0. The van der Waals surface area contributed by atoms with Gasteiger partial charge in [0.2, 0.25) is 0 Å². The van der Waals surface area contributed by atoms with Gasteiger partial charge in [-0.05, 0) is 38.7 Å². The van der Waals surface area contributed by atoms with Crippen molar-refractivity contribution in [3.8, 4) is 0 Å². The Morgan fingerprint density at radius 1 is 1.37 bits per heavy atom. The fourth-order valence-corrected chi connectivity index (χ4v) is 2.82. The zero-order valence-corrected chi connectivity index (χ0v) is 12.0. The summed E-state index contributed by atoms with van der Waals surface area (Å²) >= 11 is 0. The number of aryl methyl sites for hydroxylation is 1. The zero-order valence-electron chi connectivity index (χ0n) is 12.0. The van der Waals surface area contributed by atoms with E-state index in [1.165, 1.54) is 11.4 Å². The van der Waals surface area contributed by atoms with E-state index in [9.17, 15) is 5.11 Å². The lowest BCUT2D eigenvalue weighted by Gasteiger charge is -2.20. The number of hydrogen-bond acceptors (Lipinski definition) is 3. The minimum atomic E-state index is -0.262. The van der Waals surface area contributed by atoms with Gasteiger partial charge in [0.25, 0.3) is 0 Å². The van der Waals surface area contributed by atoms with Crippen LogP contribution >= 0.6 is 0 Å². The molecule has 0 bridgehead atoms. The summed E-state index contributed by atoms with van der Waals surface area (Å²) in [6, 6.07) is 2.14. The van der Waals surface area contributed by atoms with Gasteiger partial charge in [0.05, 0.1) is 19.3 Å². The van der Waals surface area contributed by atoms with Gasteiger partial charge in [-0.25, -0.2) is 0 Å². The van der Waals surface area contributed by atoms with Crippen molar-refractivity contribution in [2.45, 2.75) is 45.3 Å². The van der Waals surface area contributed by atoms with Gasteiger partial charge in [0.15, 0.2) is 0 Å². The molecule has 0 spiro atoms. The summed E-state index contributed by atoms with van der Waals surface area (Å²) < 4.78 is 12.8. The van der Waals surface area contributed by atoms with E-state index in [-0.39, 0.29) is 6.10 Å². The number of fused-ring (bicyclic) bond motifs is 1. The highest BCUT2D eigenvalue weighted by molar-refractivity contribution is 5.31. The lowest BCUT2D eigenvalue weighted by molar-refractivity contribution is 0.0678. The van der Waals surface area contributed by atoms with Crippen molar-refractivity contribution >= 4 is 0 Å². The van der Waals surface area contributed by atoms with Crippen molar-refractivity contribution in [2.24, 2.45) is 0 Å². The number of hydrogen-bond donors (Lipinski definition) is 1. The van der Waals surface area contributed by atoms with Crippen LogP contribution in [-0.4, -0.2) is 36.6 Å². The molecule has 1 aliphatic carbocycles. The average Bonchev–Trinajstić information content (AvgIpc) is 2.72. The molecule has 1 aromatic heterocycles. The van der Waals surface area contributed by atoms with Crippen LogP contribution in [0.25, 0.3) is 0 Å². The summed E-state index contributed by atoms with van der Waals surface area (Å²) in [6.07, 6.45) is 3.81. The first kappa shape index (κ1) is 14.6. The van der Waals surface area contributed by atoms with Gasteiger partial charge in [-0.2, -0.15) is 0 Å². The highest BCUT2D eigenvalue weighted by Gasteiger charge is 2.22. The molecule has 1 aromatic rings. The summed E-state index contributed by atoms with van der Waals surface area (Å²) in [5.41, 5.74) is 3.72. The molecule has 1 atom stereocenters. The maximum atomic E-state index is 10.0. The Balaban J connectivity index is 1.86. The number of methoxy groups -OCH3 is 1. The van der Waals surface area contributed by atoms with Gasteiger partial charge in [0.1, 0.15) is 0 Å². The van der Waals surface area contributed by atoms with Crippen LogP contribution in [0.1, 0.15) is 42.3 Å². The first-order valence-corrected chi connectivity index (χ1v) is 7.17. The molecule has 4 nitrogen and oxygen atoms in total.